The molecule has 8 heteroatoms. The van der Waals surface area contributed by atoms with Crippen LogP contribution in [0.4, 0.5) is 11.4 Å². The molecule has 1 aromatic carbocycles. The SMILES string of the molecule is Nc1cc([N+](=O)[O-])ccc1C(=O)OCC(=O)N1CCC[C@@H]2CCCC[C@H]21. The second-order valence-corrected chi connectivity index (χ2v) is 6.95. The van der Waals surface area contributed by atoms with Crippen LogP contribution in [0.5, 0.6) is 0 Å². The number of anilines is 1. The van der Waals surface area contributed by atoms with Crippen molar-refractivity contribution in [1.29, 1.82) is 0 Å². The Morgan fingerprint density at radius 3 is 2.69 bits per heavy atom. The van der Waals surface area contributed by atoms with Gasteiger partial charge >= 0.3 is 5.97 Å². The third-order valence-corrected chi connectivity index (χ3v) is 5.36. The van der Waals surface area contributed by atoms with E-state index in [4.69, 9.17) is 10.5 Å². The van der Waals surface area contributed by atoms with Crippen LogP contribution in [-0.2, 0) is 9.53 Å². The smallest absolute Gasteiger partial charge is 0.340 e. The maximum absolute atomic E-state index is 12.5. The highest BCUT2D eigenvalue weighted by molar-refractivity contribution is 5.96. The number of nitrogens with zero attached hydrogens (tertiary/aromatic N) is 2. The van der Waals surface area contributed by atoms with E-state index in [1.54, 1.807) is 0 Å². The lowest BCUT2D eigenvalue weighted by atomic mass is 9.78. The quantitative estimate of drug-likeness (QED) is 0.381. The average molecular weight is 361 g/mol. The molecule has 1 amide bonds. The fourth-order valence-corrected chi connectivity index (χ4v) is 4.07. The van der Waals surface area contributed by atoms with Crippen LogP contribution >= 0.6 is 0 Å². The molecule has 1 aliphatic carbocycles. The Hall–Kier alpha value is -2.64. The first kappa shape index (κ1) is 18.2. The highest BCUT2D eigenvalue weighted by Gasteiger charge is 2.35. The van der Waals surface area contributed by atoms with Gasteiger partial charge in [0.25, 0.3) is 11.6 Å². The van der Waals surface area contributed by atoms with Gasteiger partial charge in [-0.05, 0) is 37.7 Å². The zero-order valence-corrected chi connectivity index (χ0v) is 14.6. The molecular weight excluding hydrogens is 338 g/mol. The van der Waals surface area contributed by atoms with Gasteiger partial charge in [-0.1, -0.05) is 12.8 Å². The normalized spacial score (nSPS) is 22.4. The lowest BCUT2D eigenvalue weighted by Crippen LogP contribution is -2.50. The molecule has 1 aromatic rings. The summed E-state index contributed by atoms with van der Waals surface area (Å²) in [6.07, 6.45) is 6.67. The third kappa shape index (κ3) is 3.79. The highest BCUT2D eigenvalue weighted by atomic mass is 16.6. The van der Waals surface area contributed by atoms with E-state index in [1.807, 2.05) is 4.90 Å². The molecule has 1 saturated carbocycles. The van der Waals surface area contributed by atoms with Gasteiger partial charge < -0.3 is 15.4 Å². The topological polar surface area (TPSA) is 116 Å². The molecule has 0 spiro atoms. The van der Waals surface area contributed by atoms with Crippen LogP contribution in [0.1, 0.15) is 48.9 Å². The summed E-state index contributed by atoms with van der Waals surface area (Å²) in [7, 11) is 0. The summed E-state index contributed by atoms with van der Waals surface area (Å²) in [5.41, 5.74) is 5.48. The summed E-state index contributed by atoms with van der Waals surface area (Å²) in [5.74, 6) is -0.374. The molecule has 0 radical (unpaired) electrons. The predicted octanol–water partition coefficient (Wildman–Crippen LogP) is 2.52. The Morgan fingerprint density at radius 1 is 1.23 bits per heavy atom. The maximum Gasteiger partial charge on any atom is 0.340 e. The van der Waals surface area contributed by atoms with Gasteiger partial charge in [0, 0.05) is 24.7 Å². The number of piperidine rings is 1. The van der Waals surface area contributed by atoms with Crippen molar-refractivity contribution in [2.45, 2.75) is 44.6 Å². The van der Waals surface area contributed by atoms with Crippen molar-refractivity contribution < 1.29 is 19.2 Å². The van der Waals surface area contributed by atoms with Crippen molar-refractivity contribution in [2.75, 3.05) is 18.9 Å². The minimum atomic E-state index is -0.747. The number of nitrogens with two attached hydrogens (primary N) is 1. The second-order valence-electron chi connectivity index (χ2n) is 6.95. The van der Waals surface area contributed by atoms with Crippen LogP contribution in [0.15, 0.2) is 18.2 Å². The summed E-state index contributed by atoms with van der Waals surface area (Å²) in [4.78, 5) is 36.7. The van der Waals surface area contributed by atoms with Crippen LogP contribution < -0.4 is 5.73 Å². The van der Waals surface area contributed by atoms with E-state index in [2.05, 4.69) is 0 Å². The lowest BCUT2D eigenvalue weighted by Gasteiger charge is -2.44. The Morgan fingerprint density at radius 2 is 1.96 bits per heavy atom. The first-order valence-corrected chi connectivity index (χ1v) is 8.98. The van der Waals surface area contributed by atoms with Crippen LogP contribution in [0.2, 0.25) is 0 Å². The molecule has 2 fully saturated rings. The van der Waals surface area contributed by atoms with Gasteiger partial charge in [0.1, 0.15) is 0 Å². The highest BCUT2D eigenvalue weighted by Crippen LogP contribution is 2.35. The number of hydrogen-bond acceptors (Lipinski definition) is 6. The summed E-state index contributed by atoms with van der Waals surface area (Å²) < 4.78 is 5.12. The van der Waals surface area contributed by atoms with Gasteiger partial charge in [-0.25, -0.2) is 4.79 Å². The molecule has 1 saturated heterocycles. The van der Waals surface area contributed by atoms with Gasteiger partial charge in [0.05, 0.1) is 16.2 Å². The molecule has 2 N–H and O–H groups in total. The summed E-state index contributed by atoms with van der Waals surface area (Å²) in [6.45, 7) is 0.371. The van der Waals surface area contributed by atoms with E-state index in [1.165, 1.54) is 18.6 Å². The number of rotatable bonds is 4. The van der Waals surface area contributed by atoms with Crippen molar-refractivity contribution in [1.82, 2.24) is 4.90 Å². The number of carbonyl (C=O) groups excluding carboxylic acids is 2. The largest absolute Gasteiger partial charge is 0.452 e. The van der Waals surface area contributed by atoms with E-state index < -0.39 is 10.9 Å². The Bertz CT molecular complexity index is 719. The molecular formula is C18H23N3O5. The number of nitrogen functional groups attached to an aromatic ring is 1. The Labute approximate surface area is 151 Å². The number of amides is 1. The molecule has 0 bridgehead atoms. The fraction of sp³-hybridized carbons (Fsp3) is 0.556. The molecule has 1 aliphatic heterocycles. The number of nitro groups is 1. The zero-order valence-electron chi connectivity index (χ0n) is 14.6. The van der Waals surface area contributed by atoms with Crippen molar-refractivity contribution in [2.24, 2.45) is 5.92 Å². The van der Waals surface area contributed by atoms with Gasteiger partial charge in [0.15, 0.2) is 6.61 Å². The van der Waals surface area contributed by atoms with E-state index in [0.717, 1.165) is 38.2 Å². The predicted molar refractivity (Wildman–Crippen MR) is 94.5 cm³/mol. The summed E-state index contributed by atoms with van der Waals surface area (Å²) >= 11 is 0. The molecule has 26 heavy (non-hydrogen) atoms. The molecule has 3 rings (SSSR count). The number of esters is 1. The van der Waals surface area contributed by atoms with E-state index in [0.29, 0.717) is 12.5 Å². The van der Waals surface area contributed by atoms with Crippen LogP contribution in [0, 0.1) is 16.0 Å². The van der Waals surface area contributed by atoms with Crippen molar-refractivity contribution >= 4 is 23.3 Å². The number of carbonyl (C=O) groups is 2. The second kappa shape index (κ2) is 7.72. The van der Waals surface area contributed by atoms with E-state index in [9.17, 15) is 19.7 Å². The molecule has 2 atom stereocenters. The van der Waals surface area contributed by atoms with Gasteiger partial charge in [-0.15, -0.1) is 0 Å². The summed E-state index contributed by atoms with van der Waals surface area (Å²) in [6, 6.07) is 3.80. The maximum atomic E-state index is 12.5. The monoisotopic (exact) mass is 361 g/mol. The van der Waals surface area contributed by atoms with Crippen molar-refractivity contribution in [3.05, 3.63) is 33.9 Å². The van der Waals surface area contributed by atoms with Gasteiger partial charge in [0.2, 0.25) is 0 Å². The number of hydrogen-bond donors (Lipinski definition) is 1. The molecule has 1 heterocycles. The number of benzene rings is 1. The minimum absolute atomic E-state index is 0.0255. The standard InChI is InChI=1S/C18H23N3O5/c19-15-10-13(21(24)25)7-8-14(15)18(23)26-11-17(22)20-9-3-5-12-4-1-2-6-16(12)20/h7-8,10,12,16H,1-6,9,11,19H2/t12-,16+/m0/s1. The van der Waals surface area contributed by atoms with Crippen LogP contribution in [0.3, 0.4) is 0 Å². The molecule has 140 valence electrons. The molecule has 0 unspecified atom stereocenters. The third-order valence-electron chi connectivity index (χ3n) is 5.36. The number of likely N-dealkylation sites (tertiary alicyclic amines) is 1. The molecule has 2 aliphatic rings. The first-order valence-electron chi connectivity index (χ1n) is 8.98. The van der Waals surface area contributed by atoms with Crippen molar-refractivity contribution in [3.63, 3.8) is 0 Å². The number of ether oxygens (including phenoxy) is 1. The average Bonchev–Trinajstić information content (AvgIpc) is 2.65. The molecule has 0 aromatic heterocycles. The zero-order chi connectivity index (χ0) is 18.7. The lowest BCUT2D eigenvalue weighted by molar-refractivity contribution is -0.384. The van der Waals surface area contributed by atoms with Crippen LogP contribution in [0.25, 0.3) is 0 Å². The van der Waals surface area contributed by atoms with Crippen LogP contribution in [-0.4, -0.2) is 40.9 Å². The first-order chi connectivity index (χ1) is 12.5. The van der Waals surface area contributed by atoms with Gasteiger partial charge in [-0.3, -0.25) is 14.9 Å². The number of fused-ring (bicyclic) bond motifs is 1. The summed E-state index contributed by atoms with van der Waals surface area (Å²) in [5, 5.41) is 10.7. The van der Waals surface area contributed by atoms with Crippen molar-refractivity contribution in [3.8, 4) is 0 Å². The minimum Gasteiger partial charge on any atom is -0.452 e. The Kier molecular flexibility index (Phi) is 5.39. The molecule has 8 nitrogen and oxygen atoms in total. The van der Waals surface area contributed by atoms with E-state index >= 15 is 0 Å². The Balaban J connectivity index is 1.60. The number of nitro benzene ring substituents is 1. The van der Waals surface area contributed by atoms with E-state index in [-0.39, 0.29) is 35.5 Å². The number of non-ortho nitro benzene ring substituents is 1. The van der Waals surface area contributed by atoms with Gasteiger partial charge in [-0.2, -0.15) is 0 Å². The fourth-order valence-electron chi connectivity index (χ4n) is 4.07.